The Balaban J connectivity index is 0.749. The molecule has 1 atom stereocenters. The molecule has 46 nitrogen and oxygen atoms in total. The molecule has 1 unspecified atom stereocenters. The van der Waals surface area contributed by atoms with Crippen LogP contribution in [0.2, 0.25) is 0 Å². The van der Waals surface area contributed by atoms with E-state index in [0.717, 1.165) is 6.07 Å². The van der Waals surface area contributed by atoms with Crippen molar-refractivity contribution in [3.8, 4) is 23.0 Å². The van der Waals surface area contributed by atoms with Gasteiger partial charge in [-0.05, 0) is 233 Å². The van der Waals surface area contributed by atoms with Crippen LogP contribution in [0.15, 0.2) is 344 Å². The lowest BCUT2D eigenvalue weighted by atomic mass is 10.0. The van der Waals surface area contributed by atoms with Crippen LogP contribution < -0.4 is 40.2 Å². The molecular weight excluding hydrogens is 2000 g/mol. The first-order valence-electron chi connectivity index (χ1n) is 44.5. The lowest BCUT2D eigenvalue weighted by molar-refractivity contribution is 0.282. The van der Waals surface area contributed by atoms with Crippen LogP contribution in [-0.2, 0) is 77.6 Å². The second-order valence-corrected chi connectivity index (χ2v) is 38.5. The third-order valence-electron chi connectivity index (χ3n) is 20.9. The summed E-state index contributed by atoms with van der Waals surface area (Å²) < 4.78 is 182. The number of benzene rings is 12. The highest BCUT2D eigenvalue weighted by atomic mass is 32.2. The minimum Gasteiger partial charge on any atom is -0.496 e. The zero-order valence-corrected chi connectivity index (χ0v) is 82.7. The van der Waals surface area contributed by atoms with Crippen LogP contribution in [0.5, 0.6) is 23.0 Å². The maximum absolute atomic E-state index is 12.8. The highest BCUT2D eigenvalue weighted by molar-refractivity contribution is 7.86. The third-order valence-corrected chi connectivity index (χ3v) is 25.1. The molecule has 0 saturated heterocycles. The quantitative estimate of drug-likeness (QED) is 0.00730. The van der Waals surface area contributed by atoms with Crippen molar-refractivity contribution < 1.29 is 89.8 Å². The second-order valence-electron chi connectivity index (χ2n) is 31.7. The Morgan fingerprint density at radius 2 is 0.741 bits per heavy atom. The number of hydrogen-bond donors (Lipinski definition) is 11. The van der Waals surface area contributed by atoms with E-state index in [1.165, 1.54) is 93.1 Å². The fourth-order valence-electron chi connectivity index (χ4n) is 13.6. The first-order valence-corrected chi connectivity index (χ1v) is 51.5. The average Bonchev–Trinajstić information content (AvgIpc) is 0.803. The van der Waals surface area contributed by atoms with Crippen molar-refractivity contribution in [1.29, 1.82) is 0 Å². The number of aromatic nitrogens is 6. The van der Waals surface area contributed by atoms with Gasteiger partial charge < -0.3 is 55.0 Å². The number of rotatable bonds is 47. The first kappa shape index (κ1) is 106. The van der Waals surface area contributed by atoms with Crippen LogP contribution >= 0.6 is 0 Å². The summed E-state index contributed by atoms with van der Waals surface area (Å²) in [7, 11) is -15.3. The van der Waals surface area contributed by atoms with Crippen molar-refractivity contribution in [2.24, 2.45) is 81.8 Å². The number of unbranched alkanes of at least 4 members (excludes halogenated alkanes) is 1. The first-order chi connectivity index (χ1) is 70.7. The summed E-state index contributed by atoms with van der Waals surface area (Å²) in [5, 5.41) is 104. The van der Waals surface area contributed by atoms with Crippen molar-refractivity contribution in [1.82, 2.24) is 29.9 Å². The van der Waals surface area contributed by atoms with Crippen molar-refractivity contribution >= 4 is 178 Å². The zero-order chi connectivity index (χ0) is 104. The number of methoxy groups -OCH3 is 2. The molecule has 147 heavy (non-hydrogen) atoms. The molecule has 2 aromatic heterocycles. The van der Waals surface area contributed by atoms with Crippen LogP contribution in [0, 0.1) is 13.8 Å². The van der Waals surface area contributed by atoms with E-state index in [1.807, 2.05) is 13.0 Å². The molecule has 14 rings (SSSR count). The molecule has 0 saturated carbocycles. The second kappa shape index (κ2) is 49.7. The van der Waals surface area contributed by atoms with Gasteiger partial charge in [0.2, 0.25) is 23.8 Å². The molecule has 2 heterocycles. The molecule has 14 aromatic rings. The molecule has 12 aromatic carbocycles. The lowest BCUT2D eigenvalue weighted by Crippen LogP contribution is -2.14. The van der Waals surface area contributed by atoms with Gasteiger partial charge in [0.25, 0.3) is 40.5 Å². The molecule has 0 aliphatic heterocycles. The standard InChI is InChI=1S/C96H92N26O20S5/c1-6-42-141-88-54-80(120-117-77-38-32-73(51-89(77)143(125)126)115-107-65-16-9-7-10-17-65)60(3)46-83(88)100-96-105-94(104-95(106-96)99-81-55-87(140-5)84(48-64(81)58-124)122-114-70-26-22-68(23-27-70)110-112-72-30-36-76(37-31-72)146(133,134)135)98-41-14-13-40-97-93-102-91(101-92(103-93)50-62-47-63(57-123)82(56-85(62)139-4)121-118-78-39-33-74(52-90(78)147(136,137)138)116-108-66-18-11-8-12-19-66)49-61-45-59(2)79(53-86(61)142-43-15-44-144(127,128)129)119-113-69-24-20-67(21-25-69)109-111-71-28-34-75(35-29-71)145(130,131)132/h7-12,16-39,45-48,51-56,123-124H,6,13-15,40-44,49-50,57-58H2,1-5H3,(H,125,126)(H,127,128,129)(H,130,131,132)(H,133,134,135)(H,136,137,138)(H,97,101,102,103)(H3,98,99,100,104,105,106). The summed E-state index contributed by atoms with van der Waals surface area (Å²) in [5.41, 5.74) is 7.71. The number of anilines is 6. The smallest absolute Gasteiger partial charge is 0.296 e. The van der Waals surface area contributed by atoms with Gasteiger partial charge in [0.05, 0.1) is 146 Å². The summed E-state index contributed by atoms with van der Waals surface area (Å²) in [6.07, 6.45) is 1.19. The van der Waals surface area contributed by atoms with Crippen LogP contribution in [0.25, 0.3) is 0 Å². The van der Waals surface area contributed by atoms with E-state index in [1.54, 1.807) is 166 Å². The number of nitrogens with one attached hydrogen (secondary N) is 4. The van der Waals surface area contributed by atoms with E-state index < -0.39 is 75.4 Å². The SMILES string of the molecule is CCCOc1cc(N=Nc2ccc(N=Nc3ccccc3)cc2S(=O)O)c(C)cc1Nc1nc(NCCCCNc2nc(Cc3cc(CO)c(N=Nc4ccc(N=Nc5ccccc5)cc4S(=O)(=O)O)cc3OC)nc(Cc3cc(C)c(N=Nc4ccc(N=Nc5ccc(S(=O)(=O)O)cc5)cc4)cc3OCCCS(=O)(=O)O)n2)nc(Nc2cc(OC)c(N=Nc3ccc(N=Nc4ccc(S(=O)(=O)O)cc4)cc3)cc2CO)n1. The van der Waals surface area contributed by atoms with Gasteiger partial charge in [0.15, 0.2) is 11.1 Å². The molecule has 0 spiro atoms. The fraction of sp³-hybridized carbons (Fsp3) is 0.188. The molecule has 51 heteroatoms. The van der Waals surface area contributed by atoms with Gasteiger partial charge in [0, 0.05) is 72.5 Å². The van der Waals surface area contributed by atoms with E-state index in [0.29, 0.717) is 121 Å². The molecular formula is C96H92N26O20S5. The summed E-state index contributed by atoms with van der Waals surface area (Å²) in [5.74, 6) is 0.788. The summed E-state index contributed by atoms with van der Waals surface area (Å²) in [4.78, 5) is 27.9. The zero-order valence-electron chi connectivity index (χ0n) is 78.6. The lowest BCUT2D eigenvalue weighted by Gasteiger charge is -2.17. The third kappa shape index (κ3) is 31.0. The fourth-order valence-corrected chi connectivity index (χ4v) is 16.2. The predicted octanol–water partition coefficient (Wildman–Crippen LogP) is 23.7. The molecule has 0 aliphatic carbocycles. The Bertz CT molecular complexity index is 7890. The maximum atomic E-state index is 12.8. The van der Waals surface area contributed by atoms with Crippen molar-refractivity contribution in [3.05, 3.63) is 288 Å². The van der Waals surface area contributed by atoms with Crippen molar-refractivity contribution in [2.75, 3.05) is 67.5 Å². The van der Waals surface area contributed by atoms with Gasteiger partial charge >= 0.3 is 0 Å². The monoisotopic (exact) mass is 2090 g/mol. The van der Waals surface area contributed by atoms with Crippen molar-refractivity contribution in [2.45, 2.75) is 92.1 Å². The predicted molar refractivity (Wildman–Crippen MR) is 544 cm³/mol. The number of hydrogen-bond acceptors (Lipinski definition) is 41. The van der Waals surface area contributed by atoms with E-state index in [9.17, 15) is 70.9 Å². The number of nitrogens with zero attached hydrogens (tertiary/aromatic N) is 22. The number of aryl methyl sites for hydroxylation is 2. The molecule has 0 fully saturated rings. The molecule has 11 N–H and O–H groups in total. The number of ether oxygens (including phenoxy) is 4. The van der Waals surface area contributed by atoms with E-state index in [-0.39, 0.29) is 153 Å². The molecule has 0 amide bonds. The summed E-state index contributed by atoms with van der Waals surface area (Å²) >= 11 is -2.51. The Morgan fingerprint density at radius 3 is 1.23 bits per heavy atom. The van der Waals surface area contributed by atoms with Crippen LogP contribution in [0.3, 0.4) is 0 Å². The van der Waals surface area contributed by atoms with Gasteiger partial charge in [0.1, 0.15) is 56.6 Å². The minimum atomic E-state index is -4.93. The van der Waals surface area contributed by atoms with Crippen molar-refractivity contribution in [3.63, 3.8) is 0 Å². The van der Waals surface area contributed by atoms with E-state index >= 15 is 0 Å². The van der Waals surface area contributed by atoms with Gasteiger partial charge in [-0.2, -0.15) is 125 Å². The van der Waals surface area contributed by atoms with Gasteiger partial charge in [-0.1, -0.05) is 43.3 Å². The van der Waals surface area contributed by atoms with Crippen LogP contribution in [-0.4, -0.2) is 147 Å². The number of azo groups is 8. The molecule has 756 valence electrons. The van der Waals surface area contributed by atoms with E-state index in [4.69, 9.17) is 48.9 Å². The van der Waals surface area contributed by atoms with Gasteiger partial charge in [-0.15, -0.1) is 15.3 Å². The average molecular weight is 2090 g/mol. The number of aliphatic hydroxyl groups excluding tert-OH is 2. The Morgan fingerprint density at radius 1 is 0.340 bits per heavy atom. The molecule has 0 radical (unpaired) electrons. The van der Waals surface area contributed by atoms with Crippen LogP contribution in [0.4, 0.5) is 126 Å². The van der Waals surface area contributed by atoms with Gasteiger partial charge in [-0.25, -0.2) is 9.19 Å². The topological polar surface area (TPSA) is 655 Å². The van der Waals surface area contributed by atoms with Crippen LogP contribution in [0.1, 0.15) is 77.6 Å². The maximum Gasteiger partial charge on any atom is 0.296 e. The highest BCUT2D eigenvalue weighted by Gasteiger charge is 2.24. The molecule has 0 aliphatic rings. The largest absolute Gasteiger partial charge is 0.496 e. The van der Waals surface area contributed by atoms with Gasteiger partial charge in [-0.3, -0.25) is 18.2 Å². The van der Waals surface area contributed by atoms with E-state index in [2.05, 4.69) is 103 Å². The highest BCUT2D eigenvalue weighted by Crippen LogP contribution is 2.43. The Hall–Kier alpha value is -16.5. The Labute approximate surface area is 844 Å². The Kier molecular flexibility index (Phi) is 35.9. The summed E-state index contributed by atoms with van der Waals surface area (Å²) in [6, 6.07) is 62.1. The summed E-state index contributed by atoms with van der Waals surface area (Å²) in [6.45, 7) is 4.84. The molecule has 0 bridgehead atoms. The normalized spacial score (nSPS) is 12.4. The number of aliphatic hydroxyl groups is 2. The minimum absolute atomic E-state index is 0.00814.